The Labute approximate surface area is 182 Å². The quantitative estimate of drug-likeness (QED) is 0.745. The monoisotopic (exact) mass is 422 g/mol. The summed E-state index contributed by atoms with van der Waals surface area (Å²) in [6.07, 6.45) is 8.78. The number of aryl methyl sites for hydroxylation is 1. The number of carbonyl (C=O) groups excluding carboxylic acids is 2. The molecule has 0 spiro atoms. The van der Waals surface area contributed by atoms with Gasteiger partial charge in [0.15, 0.2) is 0 Å². The predicted octanol–water partition coefficient (Wildman–Crippen LogP) is 4.87. The molecular weight excluding hydrogens is 392 g/mol. The lowest BCUT2D eigenvalue weighted by Crippen LogP contribution is -2.38. The first-order valence-corrected chi connectivity index (χ1v) is 11.3. The second-order valence-electron chi connectivity index (χ2n) is 8.86. The first-order chi connectivity index (χ1) is 14.9. The normalized spacial score (nSPS) is 17.1. The summed E-state index contributed by atoms with van der Waals surface area (Å²) >= 11 is 0. The minimum Gasteiger partial charge on any atom is -0.427 e. The maximum absolute atomic E-state index is 12.9. The number of amides is 2. The van der Waals surface area contributed by atoms with Crippen LogP contribution in [-0.4, -0.2) is 29.8 Å². The van der Waals surface area contributed by atoms with Gasteiger partial charge in [0.2, 0.25) is 0 Å². The van der Waals surface area contributed by atoms with Crippen molar-refractivity contribution in [3.63, 3.8) is 0 Å². The van der Waals surface area contributed by atoms with Crippen LogP contribution in [0.1, 0.15) is 89.3 Å². The largest absolute Gasteiger partial charge is 0.427 e. The molecule has 0 bridgehead atoms. The summed E-state index contributed by atoms with van der Waals surface area (Å²) in [6, 6.07) is 8.95. The zero-order chi connectivity index (χ0) is 22.0. The summed E-state index contributed by atoms with van der Waals surface area (Å²) in [5.74, 6) is 0.385. The average Bonchev–Trinajstić information content (AvgIpc) is 2.72. The van der Waals surface area contributed by atoms with Crippen molar-refractivity contribution in [2.45, 2.75) is 70.3 Å². The van der Waals surface area contributed by atoms with Gasteiger partial charge < -0.3 is 14.6 Å². The van der Waals surface area contributed by atoms with Crippen LogP contribution in [0.15, 0.2) is 39.5 Å². The van der Waals surface area contributed by atoms with Gasteiger partial charge in [-0.15, -0.1) is 0 Å². The van der Waals surface area contributed by atoms with Gasteiger partial charge in [-0.05, 0) is 62.4 Å². The molecule has 2 aromatic rings. The van der Waals surface area contributed by atoms with Crippen molar-refractivity contribution in [1.29, 1.82) is 0 Å². The highest BCUT2D eigenvalue weighted by molar-refractivity contribution is 6.05. The summed E-state index contributed by atoms with van der Waals surface area (Å²) in [5.41, 5.74) is 1.02. The van der Waals surface area contributed by atoms with Gasteiger partial charge >= 0.3 is 5.63 Å². The third-order valence-electron chi connectivity index (χ3n) is 6.71. The molecule has 1 heterocycles. The Balaban J connectivity index is 1.49. The zero-order valence-corrected chi connectivity index (χ0v) is 18.3. The first kappa shape index (κ1) is 21.3. The lowest BCUT2D eigenvalue weighted by Gasteiger charge is -2.31. The Morgan fingerprint density at radius 2 is 1.77 bits per heavy atom. The maximum atomic E-state index is 12.9. The van der Waals surface area contributed by atoms with E-state index in [1.807, 2.05) is 11.9 Å². The SMILES string of the molecule is Cc1cc(C2CCC2)oc(=O)c1C(=O)Nc1cccc(C(=O)N(C)C2CCCCC2)c1. The smallest absolute Gasteiger partial charge is 0.349 e. The lowest BCUT2D eigenvalue weighted by molar-refractivity contribution is 0.0696. The van der Waals surface area contributed by atoms with Gasteiger partial charge in [0.1, 0.15) is 11.3 Å². The number of carbonyl (C=O) groups is 2. The van der Waals surface area contributed by atoms with Crippen molar-refractivity contribution in [3.8, 4) is 0 Å². The molecule has 6 nitrogen and oxygen atoms in total. The molecule has 6 heteroatoms. The van der Waals surface area contributed by atoms with Gasteiger partial charge in [-0.25, -0.2) is 4.79 Å². The van der Waals surface area contributed by atoms with Gasteiger partial charge in [-0.3, -0.25) is 9.59 Å². The van der Waals surface area contributed by atoms with Crippen molar-refractivity contribution < 1.29 is 14.0 Å². The van der Waals surface area contributed by atoms with Gasteiger partial charge in [0.25, 0.3) is 11.8 Å². The maximum Gasteiger partial charge on any atom is 0.349 e. The van der Waals surface area contributed by atoms with Crippen LogP contribution in [0.3, 0.4) is 0 Å². The van der Waals surface area contributed by atoms with Crippen LogP contribution in [0.25, 0.3) is 0 Å². The number of nitrogens with one attached hydrogen (secondary N) is 1. The molecule has 2 saturated carbocycles. The van der Waals surface area contributed by atoms with Crippen LogP contribution in [0.2, 0.25) is 0 Å². The van der Waals surface area contributed by atoms with Crippen molar-refractivity contribution in [2.24, 2.45) is 0 Å². The van der Waals surface area contributed by atoms with E-state index in [1.165, 1.54) is 6.42 Å². The van der Waals surface area contributed by atoms with Crippen molar-refractivity contribution in [2.75, 3.05) is 12.4 Å². The minimum atomic E-state index is -0.608. The lowest BCUT2D eigenvalue weighted by atomic mass is 9.83. The summed E-state index contributed by atoms with van der Waals surface area (Å²) in [6.45, 7) is 1.76. The Morgan fingerprint density at radius 3 is 2.42 bits per heavy atom. The van der Waals surface area contributed by atoms with Gasteiger partial charge in [-0.1, -0.05) is 31.7 Å². The average molecular weight is 423 g/mol. The standard InChI is InChI=1S/C25H30N2O4/c1-16-14-21(17-8-6-9-17)31-25(30)22(16)23(28)26-19-11-7-10-18(15-19)24(29)27(2)20-12-4-3-5-13-20/h7,10-11,14-15,17,20H,3-6,8-9,12-13H2,1-2H3,(H,26,28). The summed E-state index contributed by atoms with van der Waals surface area (Å²) < 4.78 is 5.44. The molecule has 0 saturated heterocycles. The van der Waals surface area contributed by atoms with Crippen LogP contribution in [0, 0.1) is 6.92 Å². The summed E-state index contributed by atoms with van der Waals surface area (Å²) in [4.78, 5) is 40.1. The highest BCUT2D eigenvalue weighted by atomic mass is 16.4. The molecule has 0 aliphatic heterocycles. The number of hydrogen-bond donors (Lipinski definition) is 1. The van der Waals surface area contributed by atoms with E-state index in [2.05, 4.69) is 5.32 Å². The van der Waals surface area contributed by atoms with Gasteiger partial charge in [0, 0.05) is 30.3 Å². The van der Waals surface area contributed by atoms with E-state index >= 15 is 0 Å². The predicted molar refractivity (Wildman–Crippen MR) is 120 cm³/mol. The molecule has 2 aliphatic carbocycles. The van der Waals surface area contributed by atoms with Crippen molar-refractivity contribution >= 4 is 17.5 Å². The number of nitrogens with zero attached hydrogens (tertiary/aromatic N) is 1. The minimum absolute atomic E-state index is 0.0131. The topological polar surface area (TPSA) is 79.6 Å². The Bertz CT molecular complexity index is 1030. The molecule has 2 fully saturated rings. The molecule has 164 valence electrons. The van der Waals surface area contributed by atoms with Crippen LogP contribution in [-0.2, 0) is 0 Å². The molecule has 1 aromatic carbocycles. The van der Waals surface area contributed by atoms with E-state index in [4.69, 9.17) is 4.42 Å². The first-order valence-electron chi connectivity index (χ1n) is 11.3. The van der Waals surface area contributed by atoms with E-state index in [-0.39, 0.29) is 23.4 Å². The second-order valence-corrected chi connectivity index (χ2v) is 8.86. The molecule has 0 unspecified atom stereocenters. The van der Waals surface area contributed by atoms with E-state index < -0.39 is 11.5 Å². The Morgan fingerprint density at radius 1 is 1.03 bits per heavy atom. The van der Waals surface area contributed by atoms with E-state index in [0.717, 1.165) is 44.9 Å². The molecule has 1 aromatic heterocycles. The van der Waals surface area contributed by atoms with Crippen LogP contribution < -0.4 is 10.9 Å². The van der Waals surface area contributed by atoms with Crippen LogP contribution >= 0.6 is 0 Å². The third kappa shape index (κ3) is 4.58. The van der Waals surface area contributed by atoms with Crippen molar-refractivity contribution in [1.82, 2.24) is 4.90 Å². The highest BCUT2D eigenvalue weighted by Crippen LogP contribution is 2.36. The molecule has 0 atom stereocenters. The number of hydrogen-bond acceptors (Lipinski definition) is 4. The number of anilines is 1. The van der Waals surface area contributed by atoms with Crippen molar-refractivity contribution in [3.05, 3.63) is 63.2 Å². The highest BCUT2D eigenvalue weighted by Gasteiger charge is 2.26. The van der Waals surface area contributed by atoms with Gasteiger partial charge in [-0.2, -0.15) is 0 Å². The number of rotatable bonds is 5. The molecule has 4 rings (SSSR count). The fraction of sp³-hybridized carbons (Fsp3) is 0.480. The van der Waals surface area contributed by atoms with Crippen LogP contribution in [0.5, 0.6) is 0 Å². The molecule has 2 amide bonds. The Hall–Kier alpha value is -2.89. The molecule has 2 aliphatic rings. The molecule has 0 radical (unpaired) electrons. The third-order valence-corrected chi connectivity index (χ3v) is 6.71. The van der Waals surface area contributed by atoms with E-state index in [0.29, 0.717) is 22.6 Å². The second kappa shape index (κ2) is 9.08. The fourth-order valence-electron chi connectivity index (χ4n) is 4.56. The molecule has 31 heavy (non-hydrogen) atoms. The van der Waals surface area contributed by atoms with E-state index in [1.54, 1.807) is 37.3 Å². The summed E-state index contributed by atoms with van der Waals surface area (Å²) in [7, 11) is 1.85. The van der Waals surface area contributed by atoms with Gasteiger partial charge in [0.05, 0.1) is 0 Å². The fourth-order valence-corrected chi connectivity index (χ4v) is 4.56. The van der Waals surface area contributed by atoms with Crippen LogP contribution in [0.4, 0.5) is 5.69 Å². The number of benzene rings is 1. The Kier molecular flexibility index (Phi) is 6.25. The summed E-state index contributed by atoms with van der Waals surface area (Å²) in [5, 5.41) is 2.76. The van der Waals surface area contributed by atoms with E-state index in [9.17, 15) is 14.4 Å². The molecule has 1 N–H and O–H groups in total. The zero-order valence-electron chi connectivity index (χ0n) is 18.3. The molecular formula is C25H30N2O4.